The topological polar surface area (TPSA) is 43.4 Å². The lowest BCUT2D eigenvalue weighted by molar-refractivity contribution is -0.137. The molecular formula is C14H21F3N2O2. The molecule has 0 bridgehead atoms. The molecule has 1 aromatic heterocycles. The fraction of sp³-hybridized carbons (Fsp3) is 0.643. The Balaban J connectivity index is 2.65. The highest BCUT2D eigenvalue weighted by atomic mass is 19.4. The van der Waals surface area contributed by atoms with E-state index in [1.807, 2.05) is 13.8 Å². The summed E-state index contributed by atoms with van der Waals surface area (Å²) in [6.45, 7) is 7.34. The molecule has 1 rings (SSSR count). The van der Waals surface area contributed by atoms with Gasteiger partial charge in [-0.05, 0) is 18.9 Å². The minimum absolute atomic E-state index is 0.0612. The molecular weight excluding hydrogens is 285 g/mol. The summed E-state index contributed by atoms with van der Waals surface area (Å²) in [6.07, 6.45) is -4.43. The van der Waals surface area contributed by atoms with Gasteiger partial charge < -0.3 is 14.8 Å². The molecule has 1 aromatic rings. The van der Waals surface area contributed by atoms with E-state index in [9.17, 15) is 13.2 Å². The van der Waals surface area contributed by atoms with Crippen LogP contribution < -0.4 is 10.1 Å². The van der Waals surface area contributed by atoms with Gasteiger partial charge in [0.2, 0.25) is 5.88 Å². The van der Waals surface area contributed by atoms with Crippen LogP contribution in [0.3, 0.4) is 0 Å². The Bertz CT molecular complexity index is 437. The van der Waals surface area contributed by atoms with Crippen LogP contribution in [0, 0.1) is 5.92 Å². The number of pyridine rings is 1. The average molecular weight is 306 g/mol. The zero-order valence-electron chi connectivity index (χ0n) is 12.5. The molecule has 0 radical (unpaired) electrons. The molecule has 7 heteroatoms. The lowest BCUT2D eigenvalue weighted by Crippen LogP contribution is -2.13. The molecule has 0 atom stereocenters. The molecule has 0 aromatic carbocycles. The van der Waals surface area contributed by atoms with E-state index < -0.39 is 11.7 Å². The molecule has 0 aliphatic rings. The zero-order valence-corrected chi connectivity index (χ0v) is 12.5. The van der Waals surface area contributed by atoms with E-state index in [1.165, 1.54) is 0 Å². The Kier molecular flexibility index (Phi) is 6.74. The maximum absolute atomic E-state index is 12.8. The molecule has 0 saturated carbocycles. The Labute approximate surface area is 122 Å². The van der Waals surface area contributed by atoms with E-state index in [1.54, 1.807) is 6.92 Å². The highest BCUT2D eigenvalue weighted by Gasteiger charge is 2.31. The molecule has 0 unspecified atom stereocenters. The summed E-state index contributed by atoms with van der Waals surface area (Å²) in [6, 6.07) is 1.86. The molecule has 0 spiro atoms. The van der Waals surface area contributed by atoms with E-state index in [2.05, 4.69) is 10.3 Å². The number of aromatic nitrogens is 1. The second-order valence-electron chi connectivity index (χ2n) is 4.92. The number of alkyl halides is 3. The third-order valence-electron chi connectivity index (χ3n) is 2.42. The van der Waals surface area contributed by atoms with E-state index in [0.29, 0.717) is 25.7 Å². The Morgan fingerprint density at radius 2 is 1.95 bits per heavy atom. The predicted octanol–water partition coefficient (Wildman–Crippen LogP) is 3.58. The molecule has 0 amide bonds. The van der Waals surface area contributed by atoms with Crippen molar-refractivity contribution in [3.05, 3.63) is 17.7 Å². The number of nitrogens with one attached hydrogen (secondary N) is 1. The van der Waals surface area contributed by atoms with Crippen molar-refractivity contribution in [2.24, 2.45) is 5.92 Å². The SMILES string of the molecule is CCNc1cc(C(F)(F)F)cc(OCCOCC(C)C)n1. The van der Waals surface area contributed by atoms with Crippen molar-refractivity contribution in [2.75, 3.05) is 31.7 Å². The molecule has 1 N–H and O–H groups in total. The largest absolute Gasteiger partial charge is 0.475 e. The molecule has 0 aliphatic heterocycles. The third kappa shape index (κ3) is 6.66. The molecule has 0 fully saturated rings. The second kappa shape index (κ2) is 8.07. The van der Waals surface area contributed by atoms with Crippen molar-refractivity contribution in [3.8, 4) is 5.88 Å². The van der Waals surface area contributed by atoms with Crippen LogP contribution >= 0.6 is 0 Å². The molecule has 0 aliphatic carbocycles. The average Bonchev–Trinajstić information content (AvgIpc) is 2.37. The van der Waals surface area contributed by atoms with Crippen molar-refractivity contribution in [1.29, 1.82) is 0 Å². The third-order valence-corrected chi connectivity index (χ3v) is 2.42. The van der Waals surface area contributed by atoms with Crippen LogP contribution in [0.25, 0.3) is 0 Å². The zero-order chi connectivity index (χ0) is 15.9. The summed E-state index contributed by atoms with van der Waals surface area (Å²) in [7, 11) is 0. The first-order chi connectivity index (χ1) is 9.82. The fourth-order valence-corrected chi connectivity index (χ4v) is 1.54. The van der Waals surface area contributed by atoms with Crippen LogP contribution in [-0.2, 0) is 10.9 Å². The standard InChI is InChI=1S/C14H21F3N2O2/c1-4-18-12-7-11(14(15,16)17)8-13(19-12)21-6-5-20-9-10(2)3/h7-8,10H,4-6,9H2,1-3H3,(H,18,19). The minimum Gasteiger partial charge on any atom is -0.475 e. The van der Waals surface area contributed by atoms with Gasteiger partial charge in [-0.2, -0.15) is 18.2 Å². The van der Waals surface area contributed by atoms with E-state index in [0.717, 1.165) is 12.1 Å². The Morgan fingerprint density at radius 3 is 2.52 bits per heavy atom. The van der Waals surface area contributed by atoms with Gasteiger partial charge >= 0.3 is 6.18 Å². The first-order valence-corrected chi connectivity index (χ1v) is 6.86. The van der Waals surface area contributed by atoms with Crippen molar-refractivity contribution in [2.45, 2.75) is 26.9 Å². The molecule has 21 heavy (non-hydrogen) atoms. The Morgan fingerprint density at radius 1 is 1.24 bits per heavy atom. The van der Waals surface area contributed by atoms with Gasteiger partial charge in [-0.15, -0.1) is 0 Å². The smallest absolute Gasteiger partial charge is 0.416 e. The number of ether oxygens (including phenoxy) is 2. The Hall–Kier alpha value is -1.50. The lowest BCUT2D eigenvalue weighted by Gasteiger charge is -2.13. The summed E-state index contributed by atoms with van der Waals surface area (Å²) in [5.41, 5.74) is -0.786. The fourth-order valence-electron chi connectivity index (χ4n) is 1.54. The number of nitrogens with zero attached hydrogens (tertiary/aromatic N) is 1. The van der Waals surface area contributed by atoms with Gasteiger partial charge in [0.1, 0.15) is 12.4 Å². The van der Waals surface area contributed by atoms with Crippen LogP contribution in [0.5, 0.6) is 5.88 Å². The lowest BCUT2D eigenvalue weighted by atomic mass is 10.2. The normalized spacial score (nSPS) is 11.8. The monoisotopic (exact) mass is 306 g/mol. The highest BCUT2D eigenvalue weighted by Crippen LogP contribution is 2.32. The van der Waals surface area contributed by atoms with Crippen LogP contribution in [0.4, 0.5) is 19.0 Å². The summed E-state index contributed by atoms with van der Waals surface area (Å²) >= 11 is 0. The van der Waals surface area contributed by atoms with Crippen LogP contribution in [0.15, 0.2) is 12.1 Å². The second-order valence-corrected chi connectivity index (χ2v) is 4.92. The summed E-state index contributed by atoms with van der Waals surface area (Å²) in [4.78, 5) is 3.98. The maximum atomic E-state index is 12.8. The van der Waals surface area contributed by atoms with E-state index >= 15 is 0 Å². The predicted molar refractivity (Wildman–Crippen MR) is 74.6 cm³/mol. The molecule has 120 valence electrons. The van der Waals surface area contributed by atoms with Gasteiger partial charge in [0, 0.05) is 19.2 Å². The van der Waals surface area contributed by atoms with E-state index in [4.69, 9.17) is 9.47 Å². The van der Waals surface area contributed by atoms with Crippen molar-refractivity contribution in [3.63, 3.8) is 0 Å². The summed E-state index contributed by atoms with van der Waals surface area (Å²) in [5.74, 6) is 0.483. The molecule has 1 heterocycles. The van der Waals surface area contributed by atoms with Crippen LogP contribution in [0.2, 0.25) is 0 Å². The van der Waals surface area contributed by atoms with Gasteiger partial charge in [0.05, 0.1) is 12.2 Å². The minimum atomic E-state index is -4.43. The number of rotatable bonds is 8. The summed E-state index contributed by atoms with van der Waals surface area (Å²) in [5, 5.41) is 2.75. The molecule has 0 saturated heterocycles. The van der Waals surface area contributed by atoms with Gasteiger partial charge in [0.25, 0.3) is 0 Å². The molecule has 4 nitrogen and oxygen atoms in total. The van der Waals surface area contributed by atoms with Crippen LogP contribution in [-0.4, -0.2) is 31.3 Å². The maximum Gasteiger partial charge on any atom is 0.416 e. The number of hydrogen-bond donors (Lipinski definition) is 1. The van der Waals surface area contributed by atoms with Gasteiger partial charge in [-0.25, -0.2) is 0 Å². The highest BCUT2D eigenvalue weighted by molar-refractivity contribution is 5.42. The van der Waals surface area contributed by atoms with Gasteiger partial charge in [-0.1, -0.05) is 13.8 Å². The van der Waals surface area contributed by atoms with Crippen molar-refractivity contribution in [1.82, 2.24) is 4.98 Å². The van der Waals surface area contributed by atoms with Crippen LogP contribution in [0.1, 0.15) is 26.3 Å². The first kappa shape index (κ1) is 17.6. The van der Waals surface area contributed by atoms with Gasteiger partial charge in [0.15, 0.2) is 0 Å². The van der Waals surface area contributed by atoms with Crippen molar-refractivity contribution >= 4 is 5.82 Å². The van der Waals surface area contributed by atoms with E-state index in [-0.39, 0.29) is 18.3 Å². The number of anilines is 1. The van der Waals surface area contributed by atoms with Crippen molar-refractivity contribution < 1.29 is 22.6 Å². The van der Waals surface area contributed by atoms with Gasteiger partial charge in [-0.3, -0.25) is 0 Å². The summed E-state index contributed by atoms with van der Waals surface area (Å²) < 4.78 is 48.9. The number of halogens is 3. The first-order valence-electron chi connectivity index (χ1n) is 6.86. The number of hydrogen-bond acceptors (Lipinski definition) is 4. The quantitative estimate of drug-likeness (QED) is 0.746.